The molecule has 21 heavy (non-hydrogen) atoms. The van der Waals surface area contributed by atoms with E-state index < -0.39 is 0 Å². The van der Waals surface area contributed by atoms with Crippen LogP contribution in [-0.2, 0) is 0 Å². The van der Waals surface area contributed by atoms with E-state index in [0.29, 0.717) is 5.71 Å². The second-order valence-electron chi connectivity index (χ2n) is 4.75. The molecule has 102 valence electrons. The Bertz CT molecular complexity index is 929. The Labute approximate surface area is 121 Å². The van der Waals surface area contributed by atoms with Crippen LogP contribution in [0.5, 0.6) is 5.75 Å². The van der Waals surface area contributed by atoms with E-state index >= 15 is 0 Å². The van der Waals surface area contributed by atoms with Gasteiger partial charge in [0, 0.05) is 17.7 Å². The van der Waals surface area contributed by atoms with Crippen molar-refractivity contribution < 1.29 is 9.15 Å². The Morgan fingerprint density at radius 2 is 1.71 bits per heavy atom. The normalized spacial score (nSPS) is 11.1. The van der Waals surface area contributed by atoms with E-state index in [9.17, 15) is 0 Å². The van der Waals surface area contributed by atoms with Crippen molar-refractivity contribution in [3.63, 3.8) is 0 Å². The van der Waals surface area contributed by atoms with E-state index in [0.717, 1.165) is 33.6 Å². The average Bonchev–Trinajstić information content (AvgIpc) is 2.95. The highest BCUT2D eigenvalue weighted by Gasteiger charge is 2.10. The van der Waals surface area contributed by atoms with E-state index in [1.165, 1.54) is 0 Å². The largest absolute Gasteiger partial charge is 0.497 e. The topological polar surface area (TPSA) is 48.2 Å². The number of benzene rings is 2. The molecular formula is C17H12N2O2. The predicted molar refractivity (Wildman–Crippen MR) is 81.3 cm³/mol. The summed E-state index contributed by atoms with van der Waals surface area (Å²) in [6, 6.07) is 17.5. The predicted octanol–water partition coefficient (Wildman–Crippen LogP) is 4.05. The Morgan fingerprint density at radius 1 is 0.857 bits per heavy atom. The standard InChI is InChI=1S/C17H12N2O2/c1-20-12-7-8-13-14(9-12)19-17-15(18-13)10-16(21-17)11-5-3-2-4-6-11/h2-10H,1H3. The number of methoxy groups -OCH3 is 1. The minimum absolute atomic E-state index is 0.537. The zero-order chi connectivity index (χ0) is 14.2. The molecule has 0 aliphatic rings. The van der Waals surface area contributed by atoms with Gasteiger partial charge >= 0.3 is 0 Å². The van der Waals surface area contributed by atoms with Crippen molar-refractivity contribution in [2.24, 2.45) is 0 Å². The lowest BCUT2D eigenvalue weighted by Crippen LogP contribution is -1.87. The van der Waals surface area contributed by atoms with Gasteiger partial charge in [0.05, 0.1) is 18.1 Å². The summed E-state index contributed by atoms with van der Waals surface area (Å²) in [6.45, 7) is 0. The summed E-state index contributed by atoms with van der Waals surface area (Å²) in [7, 11) is 1.63. The van der Waals surface area contributed by atoms with Crippen LogP contribution in [0.4, 0.5) is 0 Å². The van der Waals surface area contributed by atoms with E-state index in [2.05, 4.69) is 9.97 Å². The molecule has 0 atom stereocenters. The number of hydrogen-bond acceptors (Lipinski definition) is 4. The number of rotatable bonds is 2. The maximum Gasteiger partial charge on any atom is 0.246 e. The van der Waals surface area contributed by atoms with Crippen molar-refractivity contribution in [1.29, 1.82) is 0 Å². The molecule has 2 aromatic carbocycles. The van der Waals surface area contributed by atoms with Gasteiger partial charge in [-0.1, -0.05) is 30.3 Å². The molecule has 4 aromatic rings. The molecule has 0 aliphatic carbocycles. The first kappa shape index (κ1) is 11.9. The second kappa shape index (κ2) is 4.59. The fourth-order valence-electron chi connectivity index (χ4n) is 2.33. The van der Waals surface area contributed by atoms with Gasteiger partial charge in [0.15, 0.2) is 0 Å². The third-order valence-corrected chi connectivity index (χ3v) is 3.40. The van der Waals surface area contributed by atoms with Crippen LogP contribution in [0.1, 0.15) is 0 Å². The first-order valence-electron chi connectivity index (χ1n) is 6.64. The van der Waals surface area contributed by atoms with Gasteiger partial charge in [0.1, 0.15) is 17.0 Å². The van der Waals surface area contributed by atoms with Gasteiger partial charge in [0.25, 0.3) is 0 Å². The SMILES string of the molecule is COc1ccc2nc3cc(-c4ccccc4)oc3nc2c1. The lowest BCUT2D eigenvalue weighted by atomic mass is 10.2. The molecule has 0 bridgehead atoms. The Kier molecular flexibility index (Phi) is 2.60. The van der Waals surface area contributed by atoms with Crippen molar-refractivity contribution in [3.05, 3.63) is 54.6 Å². The molecule has 0 amide bonds. The molecule has 4 nitrogen and oxygen atoms in total. The Morgan fingerprint density at radius 3 is 2.52 bits per heavy atom. The maximum absolute atomic E-state index is 5.82. The lowest BCUT2D eigenvalue weighted by molar-refractivity contribution is 0.415. The minimum atomic E-state index is 0.537. The molecule has 0 saturated carbocycles. The molecule has 0 aliphatic heterocycles. The number of ether oxygens (including phenoxy) is 1. The Balaban J connectivity index is 1.93. The lowest BCUT2D eigenvalue weighted by Gasteiger charge is -2.00. The van der Waals surface area contributed by atoms with Crippen LogP contribution >= 0.6 is 0 Å². The van der Waals surface area contributed by atoms with Crippen LogP contribution in [0.25, 0.3) is 33.6 Å². The molecule has 0 spiro atoms. The quantitative estimate of drug-likeness (QED) is 0.554. The maximum atomic E-state index is 5.82. The van der Waals surface area contributed by atoms with Crippen LogP contribution in [0.2, 0.25) is 0 Å². The molecule has 4 rings (SSSR count). The van der Waals surface area contributed by atoms with Crippen LogP contribution in [0.15, 0.2) is 59.0 Å². The fourth-order valence-corrected chi connectivity index (χ4v) is 2.33. The van der Waals surface area contributed by atoms with E-state index in [1.54, 1.807) is 7.11 Å². The van der Waals surface area contributed by atoms with Gasteiger partial charge in [-0.2, -0.15) is 0 Å². The monoisotopic (exact) mass is 276 g/mol. The summed E-state index contributed by atoms with van der Waals surface area (Å²) in [5.74, 6) is 1.53. The van der Waals surface area contributed by atoms with Crippen molar-refractivity contribution >= 4 is 22.3 Å². The Hall–Kier alpha value is -2.88. The van der Waals surface area contributed by atoms with Crippen molar-refractivity contribution in [3.8, 4) is 17.1 Å². The summed E-state index contributed by atoms with van der Waals surface area (Å²) in [4.78, 5) is 9.11. The summed E-state index contributed by atoms with van der Waals surface area (Å²) in [5, 5.41) is 0. The molecule has 0 fully saturated rings. The van der Waals surface area contributed by atoms with Crippen molar-refractivity contribution in [2.45, 2.75) is 0 Å². The summed E-state index contributed by atoms with van der Waals surface area (Å²) in [5.41, 5.74) is 3.89. The molecule has 0 saturated heterocycles. The number of fused-ring (bicyclic) bond motifs is 2. The molecule has 0 radical (unpaired) electrons. The van der Waals surface area contributed by atoms with Crippen molar-refractivity contribution in [2.75, 3.05) is 7.11 Å². The summed E-state index contributed by atoms with van der Waals surface area (Å²) in [6.07, 6.45) is 0. The van der Waals surface area contributed by atoms with Crippen LogP contribution in [0.3, 0.4) is 0 Å². The van der Waals surface area contributed by atoms with Gasteiger partial charge in [-0.25, -0.2) is 9.97 Å². The van der Waals surface area contributed by atoms with Crippen molar-refractivity contribution in [1.82, 2.24) is 9.97 Å². The second-order valence-corrected chi connectivity index (χ2v) is 4.75. The fraction of sp³-hybridized carbons (Fsp3) is 0.0588. The highest BCUT2D eigenvalue weighted by Crippen LogP contribution is 2.27. The molecular weight excluding hydrogens is 264 g/mol. The highest BCUT2D eigenvalue weighted by molar-refractivity contribution is 5.86. The smallest absolute Gasteiger partial charge is 0.246 e. The molecule has 0 unspecified atom stereocenters. The third-order valence-electron chi connectivity index (χ3n) is 3.40. The third kappa shape index (κ3) is 2.01. The summed E-state index contributed by atoms with van der Waals surface area (Å²) >= 11 is 0. The van der Waals surface area contributed by atoms with Gasteiger partial charge in [-0.3, -0.25) is 0 Å². The first-order valence-corrected chi connectivity index (χ1v) is 6.64. The molecule has 4 heteroatoms. The minimum Gasteiger partial charge on any atom is -0.497 e. The van der Waals surface area contributed by atoms with Crippen LogP contribution in [0, 0.1) is 0 Å². The van der Waals surface area contributed by atoms with Gasteiger partial charge in [-0.15, -0.1) is 0 Å². The summed E-state index contributed by atoms with van der Waals surface area (Å²) < 4.78 is 11.0. The number of nitrogens with zero attached hydrogens (tertiary/aromatic N) is 2. The number of furan rings is 1. The molecule has 2 heterocycles. The number of aromatic nitrogens is 2. The van der Waals surface area contributed by atoms with E-state index in [1.807, 2.05) is 54.6 Å². The van der Waals surface area contributed by atoms with E-state index in [4.69, 9.17) is 9.15 Å². The van der Waals surface area contributed by atoms with Gasteiger partial charge in [0.2, 0.25) is 5.71 Å². The van der Waals surface area contributed by atoms with Gasteiger partial charge < -0.3 is 9.15 Å². The van der Waals surface area contributed by atoms with Gasteiger partial charge in [-0.05, 0) is 12.1 Å². The average molecular weight is 276 g/mol. The zero-order valence-electron chi connectivity index (χ0n) is 11.4. The van der Waals surface area contributed by atoms with Crippen LogP contribution < -0.4 is 4.74 Å². The van der Waals surface area contributed by atoms with E-state index in [-0.39, 0.29) is 0 Å². The molecule has 0 N–H and O–H groups in total. The zero-order valence-corrected chi connectivity index (χ0v) is 11.4. The highest BCUT2D eigenvalue weighted by atomic mass is 16.5. The number of hydrogen-bond donors (Lipinski definition) is 0. The van der Waals surface area contributed by atoms with Crippen LogP contribution in [-0.4, -0.2) is 17.1 Å². The molecule has 2 aromatic heterocycles. The first-order chi connectivity index (χ1) is 10.3.